The summed E-state index contributed by atoms with van der Waals surface area (Å²) in [6, 6.07) is 3.29. The summed E-state index contributed by atoms with van der Waals surface area (Å²) in [6.07, 6.45) is 3.72. The summed E-state index contributed by atoms with van der Waals surface area (Å²) < 4.78 is 21.1. The first-order chi connectivity index (χ1) is 17.7. The standard InChI is InChI=1S/C27H33FN6O2S/c1-14-8-15(2)31-26-22(14)23(30)24(37-26)25(35)32-16-4-5-19-17(9-16)18(28)10-21(33-19)34-11-20(29)27(12-34)6-3-7-36-13-27/h8,10,16,20H,3-7,9,11-13,29-30H2,1-2H3,(H,32,35). The molecule has 8 nitrogen and oxygen atoms in total. The Morgan fingerprint density at radius 2 is 2.16 bits per heavy atom. The van der Waals surface area contributed by atoms with E-state index in [1.165, 1.54) is 17.4 Å². The molecule has 6 rings (SSSR count). The van der Waals surface area contributed by atoms with Crippen LogP contribution in [0.15, 0.2) is 12.1 Å². The highest BCUT2D eigenvalue weighted by Crippen LogP contribution is 2.40. The van der Waals surface area contributed by atoms with Crippen LogP contribution in [0.1, 0.15) is 51.4 Å². The number of nitrogen functional groups attached to an aromatic ring is 1. The van der Waals surface area contributed by atoms with E-state index in [1.54, 1.807) is 0 Å². The van der Waals surface area contributed by atoms with Crippen molar-refractivity contribution in [2.45, 2.75) is 58.0 Å². The van der Waals surface area contributed by atoms with Gasteiger partial charge in [0.2, 0.25) is 0 Å². The molecule has 2 aliphatic heterocycles. The number of ether oxygens (including phenoxy) is 1. The molecule has 3 aromatic heterocycles. The van der Waals surface area contributed by atoms with Crippen LogP contribution in [-0.4, -0.2) is 54.3 Å². The first-order valence-corrected chi connectivity index (χ1v) is 13.8. The molecule has 2 saturated heterocycles. The Bertz CT molecular complexity index is 1390. The van der Waals surface area contributed by atoms with E-state index in [-0.39, 0.29) is 29.2 Å². The van der Waals surface area contributed by atoms with Crippen molar-refractivity contribution >= 4 is 39.0 Å². The van der Waals surface area contributed by atoms with Crippen molar-refractivity contribution in [3.05, 3.63) is 45.3 Å². The second kappa shape index (κ2) is 9.18. The maximum atomic E-state index is 15.4. The fourth-order valence-corrected chi connectivity index (χ4v) is 7.41. The minimum atomic E-state index is -0.273. The minimum absolute atomic E-state index is 0.0162. The summed E-state index contributed by atoms with van der Waals surface area (Å²) in [5.74, 6) is 0.139. The van der Waals surface area contributed by atoms with Crippen LogP contribution >= 0.6 is 11.3 Å². The number of rotatable bonds is 3. The summed E-state index contributed by atoms with van der Waals surface area (Å²) in [5.41, 5.74) is 16.5. The smallest absolute Gasteiger partial charge is 0.263 e. The van der Waals surface area contributed by atoms with Crippen molar-refractivity contribution < 1.29 is 13.9 Å². The lowest BCUT2D eigenvalue weighted by Gasteiger charge is -2.36. The molecule has 5 heterocycles. The highest BCUT2D eigenvalue weighted by atomic mass is 32.1. The Morgan fingerprint density at radius 1 is 1.32 bits per heavy atom. The van der Waals surface area contributed by atoms with E-state index in [4.69, 9.17) is 21.2 Å². The molecule has 10 heteroatoms. The number of amides is 1. The van der Waals surface area contributed by atoms with Crippen LogP contribution < -0.4 is 21.7 Å². The normalized spacial score (nSPS) is 25.6. The maximum Gasteiger partial charge on any atom is 0.263 e. The number of halogens is 1. The monoisotopic (exact) mass is 524 g/mol. The number of hydrogen-bond acceptors (Lipinski definition) is 8. The molecule has 37 heavy (non-hydrogen) atoms. The fourth-order valence-electron chi connectivity index (χ4n) is 6.29. The maximum absolute atomic E-state index is 15.4. The molecule has 3 aliphatic rings. The quantitative estimate of drug-likeness (QED) is 0.481. The van der Waals surface area contributed by atoms with Crippen molar-refractivity contribution in [1.82, 2.24) is 15.3 Å². The lowest BCUT2D eigenvalue weighted by atomic mass is 9.79. The zero-order valence-electron chi connectivity index (χ0n) is 21.3. The summed E-state index contributed by atoms with van der Waals surface area (Å²) in [4.78, 5) is 25.9. The molecule has 2 fully saturated rings. The largest absolute Gasteiger partial charge is 0.397 e. The molecular weight excluding hydrogens is 491 g/mol. The number of carbonyl (C=O) groups excluding carboxylic acids is 1. The van der Waals surface area contributed by atoms with E-state index >= 15 is 4.39 Å². The Morgan fingerprint density at radius 3 is 2.95 bits per heavy atom. The highest BCUT2D eigenvalue weighted by Gasteiger charge is 2.46. The van der Waals surface area contributed by atoms with Gasteiger partial charge in [-0.15, -0.1) is 11.3 Å². The summed E-state index contributed by atoms with van der Waals surface area (Å²) >= 11 is 1.30. The van der Waals surface area contributed by atoms with Crippen LogP contribution in [0.4, 0.5) is 15.9 Å². The molecule has 0 radical (unpaired) electrons. The van der Waals surface area contributed by atoms with Crippen LogP contribution in [0.25, 0.3) is 10.2 Å². The van der Waals surface area contributed by atoms with Crippen molar-refractivity contribution in [2.24, 2.45) is 11.1 Å². The summed E-state index contributed by atoms with van der Waals surface area (Å²) in [7, 11) is 0. The van der Waals surface area contributed by atoms with Gasteiger partial charge in [0, 0.05) is 65.6 Å². The number of nitrogens with two attached hydrogens (primary N) is 2. The first-order valence-electron chi connectivity index (χ1n) is 13.0. The molecular formula is C27H33FN6O2S. The molecule has 0 bridgehead atoms. The SMILES string of the molecule is Cc1cc(C)c2c(N)c(C(=O)NC3CCc4nc(N5CC(N)C6(CCCOC6)C5)cc(F)c4C3)sc2n1. The van der Waals surface area contributed by atoms with E-state index in [0.717, 1.165) is 53.2 Å². The molecule has 3 aromatic rings. The summed E-state index contributed by atoms with van der Waals surface area (Å²) in [5, 5.41) is 3.92. The number of thiophene rings is 1. The molecule has 3 atom stereocenters. The Balaban J connectivity index is 1.18. The number of nitrogens with zero attached hydrogens (tertiary/aromatic N) is 3. The van der Waals surface area contributed by atoms with Crippen molar-refractivity contribution in [1.29, 1.82) is 0 Å². The van der Waals surface area contributed by atoms with Crippen LogP contribution in [-0.2, 0) is 17.6 Å². The number of aromatic nitrogens is 2. The molecule has 0 aromatic carbocycles. The van der Waals surface area contributed by atoms with Gasteiger partial charge in [-0.05, 0) is 57.6 Å². The molecule has 3 unspecified atom stereocenters. The van der Waals surface area contributed by atoms with Crippen molar-refractivity contribution in [2.75, 3.05) is 36.9 Å². The van der Waals surface area contributed by atoms with Crippen molar-refractivity contribution in [3.8, 4) is 0 Å². The number of anilines is 2. The van der Waals surface area contributed by atoms with Crippen molar-refractivity contribution in [3.63, 3.8) is 0 Å². The number of aryl methyl sites for hydroxylation is 3. The molecule has 5 N–H and O–H groups in total. The minimum Gasteiger partial charge on any atom is -0.397 e. The Kier molecular flexibility index (Phi) is 6.08. The van der Waals surface area contributed by atoms with E-state index in [0.29, 0.717) is 54.4 Å². The summed E-state index contributed by atoms with van der Waals surface area (Å²) in [6.45, 7) is 6.72. The topological polar surface area (TPSA) is 119 Å². The van der Waals surface area contributed by atoms with Crippen LogP contribution in [0.3, 0.4) is 0 Å². The first kappa shape index (κ1) is 24.5. The number of hydrogen-bond donors (Lipinski definition) is 3. The predicted octanol–water partition coefficient (Wildman–Crippen LogP) is 3.26. The van der Waals surface area contributed by atoms with Gasteiger partial charge in [0.1, 0.15) is 21.3 Å². The van der Waals surface area contributed by atoms with Gasteiger partial charge < -0.3 is 26.4 Å². The number of pyridine rings is 2. The number of nitrogens with one attached hydrogen (secondary N) is 1. The van der Waals surface area contributed by atoms with Gasteiger partial charge in [-0.2, -0.15) is 0 Å². The molecule has 196 valence electrons. The molecule has 1 amide bonds. The Labute approximate surface area is 219 Å². The van der Waals surface area contributed by atoms with Crippen LogP contribution in [0.5, 0.6) is 0 Å². The average Bonchev–Trinajstić information content (AvgIpc) is 3.36. The third-order valence-corrected chi connectivity index (χ3v) is 9.37. The van der Waals surface area contributed by atoms with Gasteiger partial charge in [-0.1, -0.05) is 0 Å². The van der Waals surface area contributed by atoms with E-state index in [2.05, 4.69) is 15.2 Å². The van der Waals surface area contributed by atoms with Crippen LogP contribution in [0, 0.1) is 25.1 Å². The van der Waals surface area contributed by atoms with Gasteiger partial charge in [0.05, 0.1) is 12.3 Å². The second-order valence-electron chi connectivity index (χ2n) is 10.9. The van der Waals surface area contributed by atoms with E-state index in [1.807, 2.05) is 19.9 Å². The van der Waals surface area contributed by atoms with Gasteiger partial charge >= 0.3 is 0 Å². The van der Waals surface area contributed by atoms with Gasteiger partial charge in [0.15, 0.2) is 0 Å². The highest BCUT2D eigenvalue weighted by molar-refractivity contribution is 7.21. The number of fused-ring (bicyclic) bond motifs is 2. The third-order valence-electron chi connectivity index (χ3n) is 8.27. The Hall–Kier alpha value is -2.82. The average molecular weight is 525 g/mol. The zero-order valence-corrected chi connectivity index (χ0v) is 22.1. The lowest BCUT2D eigenvalue weighted by Crippen LogP contribution is -2.46. The fraction of sp³-hybridized carbons (Fsp3) is 0.519. The lowest BCUT2D eigenvalue weighted by molar-refractivity contribution is -0.00345. The van der Waals surface area contributed by atoms with E-state index < -0.39 is 0 Å². The molecule has 1 spiro atoms. The molecule has 0 saturated carbocycles. The zero-order chi connectivity index (χ0) is 25.9. The van der Waals surface area contributed by atoms with Gasteiger partial charge in [0.25, 0.3) is 5.91 Å². The van der Waals surface area contributed by atoms with Crippen LogP contribution in [0.2, 0.25) is 0 Å². The van der Waals surface area contributed by atoms with Gasteiger partial charge in [-0.25, -0.2) is 14.4 Å². The molecule has 1 aliphatic carbocycles. The van der Waals surface area contributed by atoms with E-state index in [9.17, 15) is 4.79 Å². The second-order valence-corrected chi connectivity index (χ2v) is 11.9. The third kappa shape index (κ3) is 4.24. The van der Waals surface area contributed by atoms with Gasteiger partial charge in [-0.3, -0.25) is 4.79 Å². The number of carbonyl (C=O) groups is 1. The predicted molar refractivity (Wildman–Crippen MR) is 144 cm³/mol.